The molecular formula is C41H29NSe. The average Bonchev–Trinajstić information content (AvgIpc) is 3.54. The molecule has 0 unspecified atom stereocenters. The predicted octanol–water partition coefficient (Wildman–Crippen LogP) is 11.1. The van der Waals surface area contributed by atoms with Gasteiger partial charge in [0.1, 0.15) is 0 Å². The summed E-state index contributed by atoms with van der Waals surface area (Å²) in [7, 11) is 0. The summed E-state index contributed by atoms with van der Waals surface area (Å²) >= 11 is 0.282. The van der Waals surface area contributed by atoms with Gasteiger partial charge in [-0.1, -0.05) is 0 Å². The Hall–Kier alpha value is -4.62. The molecule has 0 amide bonds. The molecule has 9 rings (SSSR count). The van der Waals surface area contributed by atoms with Crippen molar-refractivity contribution in [3.8, 4) is 11.1 Å². The monoisotopic (exact) mass is 615 g/mol. The molecule has 0 saturated carbocycles. The standard InChI is InChI=1S/C41H29NSe/c1-41(2)33-19-10-8-18-32(33)39-34(41)20-12-21-35(39)42(27-13-4-3-5-14-27)36-25-26-23-24-31-29-16-9-11-22-37(29)43-40(31)38(26)30-17-7-6-15-28(30)36/h3-25H,1-2H3. The van der Waals surface area contributed by atoms with Crippen LogP contribution in [-0.2, 0) is 5.41 Å². The van der Waals surface area contributed by atoms with Crippen molar-refractivity contribution in [3.05, 3.63) is 151 Å². The molecule has 43 heavy (non-hydrogen) atoms. The van der Waals surface area contributed by atoms with Crippen molar-refractivity contribution in [1.29, 1.82) is 0 Å². The quantitative estimate of drug-likeness (QED) is 0.141. The molecule has 1 aliphatic rings. The number of fused-ring (bicyclic) bond motifs is 10. The van der Waals surface area contributed by atoms with Crippen LogP contribution < -0.4 is 4.90 Å². The van der Waals surface area contributed by atoms with Crippen LogP contribution in [0, 0.1) is 0 Å². The molecular weight excluding hydrogens is 585 g/mol. The predicted molar refractivity (Wildman–Crippen MR) is 186 cm³/mol. The molecule has 1 aromatic heterocycles. The van der Waals surface area contributed by atoms with Gasteiger partial charge < -0.3 is 0 Å². The van der Waals surface area contributed by atoms with Gasteiger partial charge in [-0.15, -0.1) is 0 Å². The van der Waals surface area contributed by atoms with Crippen molar-refractivity contribution in [2.24, 2.45) is 0 Å². The van der Waals surface area contributed by atoms with Crippen LogP contribution in [0.15, 0.2) is 140 Å². The first-order valence-corrected chi connectivity index (χ1v) is 16.7. The van der Waals surface area contributed by atoms with E-state index in [0.717, 1.165) is 0 Å². The maximum absolute atomic E-state index is 2.51. The molecule has 0 fully saturated rings. The minimum atomic E-state index is -0.0621. The normalized spacial score (nSPS) is 13.5. The summed E-state index contributed by atoms with van der Waals surface area (Å²) in [6.07, 6.45) is 0. The van der Waals surface area contributed by atoms with Crippen molar-refractivity contribution in [1.82, 2.24) is 0 Å². The van der Waals surface area contributed by atoms with E-state index in [-0.39, 0.29) is 19.9 Å². The van der Waals surface area contributed by atoms with Gasteiger partial charge in [-0.05, 0) is 0 Å². The third-order valence-electron chi connectivity index (χ3n) is 9.43. The van der Waals surface area contributed by atoms with E-state index in [9.17, 15) is 0 Å². The molecule has 1 aliphatic carbocycles. The van der Waals surface area contributed by atoms with Crippen LogP contribution in [0.1, 0.15) is 25.0 Å². The second-order valence-corrected chi connectivity index (χ2v) is 14.3. The summed E-state index contributed by atoms with van der Waals surface area (Å²) in [5.41, 5.74) is 9.00. The Balaban J connectivity index is 1.40. The van der Waals surface area contributed by atoms with Gasteiger partial charge >= 0.3 is 258 Å². The number of nitrogens with zero attached hydrogens (tertiary/aromatic N) is 1. The molecule has 8 aromatic rings. The third kappa shape index (κ3) is 3.51. The van der Waals surface area contributed by atoms with Crippen LogP contribution in [0.4, 0.5) is 17.1 Å². The van der Waals surface area contributed by atoms with Crippen molar-refractivity contribution in [2.45, 2.75) is 19.3 Å². The third-order valence-corrected chi connectivity index (χ3v) is 12.0. The molecule has 0 aliphatic heterocycles. The summed E-state index contributed by atoms with van der Waals surface area (Å²) in [6.45, 7) is 4.72. The molecule has 0 radical (unpaired) electrons. The fraction of sp³-hybridized carbons (Fsp3) is 0.0732. The minimum absolute atomic E-state index is 0.0621. The molecule has 0 spiro atoms. The fourth-order valence-electron chi connectivity index (χ4n) is 7.44. The SMILES string of the molecule is CC1(C)c2ccccc2-c2c(N(c3ccccc3)c3cc4ccc5c6ccccc6[se]c5c4c4ccccc34)cccc21. The average molecular weight is 615 g/mol. The Kier molecular flexibility index (Phi) is 5.33. The molecule has 0 bridgehead atoms. The van der Waals surface area contributed by atoms with Crippen molar-refractivity contribution in [3.63, 3.8) is 0 Å². The van der Waals surface area contributed by atoms with Crippen LogP contribution >= 0.6 is 0 Å². The van der Waals surface area contributed by atoms with Gasteiger partial charge in [0.15, 0.2) is 0 Å². The van der Waals surface area contributed by atoms with Gasteiger partial charge in [-0.2, -0.15) is 0 Å². The molecule has 7 aromatic carbocycles. The van der Waals surface area contributed by atoms with Crippen molar-refractivity contribution in [2.75, 3.05) is 4.90 Å². The molecule has 1 heterocycles. The molecule has 2 heteroatoms. The van der Waals surface area contributed by atoms with E-state index < -0.39 is 0 Å². The zero-order valence-electron chi connectivity index (χ0n) is 24.1. The van der Waals surface area contributed by atoms with Gasteiger partial charge in [-0.25, -0.2) is 0 Å². The molecule has 0 atom stereocenters. The van der Waals surface area contributed by atoms with Crippen LogP contribution in [0.5, 0.6) is 0 Å². The van der Waals surface area contributed by atoms with Crippen molar-refractivity contribution >= 4 is 72.4 Å². The molecule has 204 valence electrons. The Morgan fingerprint density at radius 3 is 2.09 bits per heavy atom. The van der Waals surface area contributed by atoms with Gasteiger partial charge in [-0.3, -0.25) is 0 Å². The second-order valence-electron chi connectivity index (χ2n) is 12.1. The summed E-state index contributed by atoms with van der Waals surface area (Å²) in [4.78, 5) is 2.51. The van der Waals surface area contributed by atoms with E-state index >= 15 is 0 Å². The Morgan fingerprint density at radius 1 is 0.535 bits per heavy atom. The second kappa shape index (κ2) is 9.19. The zero-order chi connectivity index (χ0) is 28.7. The first-order valence-electron chi connectivity index (χ1n) is 15.0. The van der Waals surface area contributed by atoms with E-state index in [1.165, 1.54) is 80.2 Å². The van der Waals surface area contributed by atoms with Gasteiger partial charge in [0.2, 0.25) is 0 Å². The number of hydrogen-bond acceptors (Lipinski definition) is 1. The molecule has 1 nitrogen and oxygen atoms in total. The van der Waals surface area contributed by atoms with E-state index in [4.69, 9.17) is 0 Å². The maximum atomic E-state index is 2.51. The van der Waals surface area contributed by atoms with E-state index in [1.807, 2.05) is 0 Å². The van der Waals surface area contributed by atoms with Gasteiger partial charge in [0, 0.05) is 0 Å². The Morgan fingerprint density at radius 2 is 1.23 bits per heavy atom. The topological polar surface area (TPSA) is 3.24 Å². The molecule has 0 N–H and O–H groups in total. The number of benzene rings is 7. The Labute approximate surface area is 257 Å². The molecule has 0 saturated heterocycles. The number of para-hydroxylation sites is 1. The van der Waals surface area contributed by atoms with Crippen LogP contribution in [0.25, 0.3) is 52.0 Å². The summed E-state index contributed by atoms with van der Waals surface area (Å²) < 4.78 is 2.99. The fourth-order valence-corrected chi connectivity index (χ4v) is 10.1. The summed E-state index contributed by atoms with van der Waals surface area (Å²) in [5.74, 6) is 0. The van der Waals surface area contributed by atoms with Crippen LogP contribution in [0.3, 0.4) is 0 Å². The van der Waals surface area contributed by atoms with Crippen LogP contribution in [0.2, 0.25) is 0 Å². The van der Waals surface area contributed by atoms with E-state index in [2.05, 4.69) is 158 Å². The number of hydrogen-bond donors (Lipinski definition) is 0. The number of rotatable bonds is 3. The van der Waals surface area contributed by atoms with Gasteiger partial charge in [0.05, 0.1) is 0 Å². The first-order chi connectivity index (χ1) is 21.1. The van der Waals surface area contributed by atoms with E-state index in [0.29, 0.717) is 0 Å². The zero-order valence-corrected chi connectivity index (χ0v) is 25.8. The first kappa shape index (κ1) is 24.9. The van der Waals surface area contributed by atoms with Gasteiger partial charge in [0.25, 0.3) is 0 Å². The summed E-state index contributed by atoms with van der Waals surface area (Å²) in [6, 6.07) is 51.9. The number of anilines is 3. The van der Waals surface area contributed by atoms with Crippen molar-refractivity contribution < 1.29 is 0 Å². The van der Waals surface area contributed by atoms with Crippen LogP contribution in [-0.4, -0.2) is 14.5 Å². The Bertz CT molecular complexity index is 2380. The summed E-state index contributed by atoms with van der Waals surface area (Å²) in [5, 5.41) is 8.13. The van der Waals surface area contributed by atoms with E-state index in [1.54, 1.807) is 0 Å².